The van der Waals surface area contributed by atoms with Crippen molar-refractivity contribution in [2.45, 2.75) is 13.0 Å². The molecule has 1 N–H and O–H groups in total. The molecule has 1 saturated heterocycles. The number of nitrogens with zero attached hydrogens (tertiary/aromatic N) is 1. The van der Waals surface area contributed by atoms with E-state index in [-0.39, 0.29) is 0 Å². The van der Waals surface area contributed by atoms with Gasteiger partial charge in [0.2, 0.25) is 0 Å². The predicted molar refractivity (Wildman–Crippen MR) is 64.1 cm³/mol. The summed E-state index contributed by atoms with van der Waals surface area (Å²) in [5, 5.41) is 8.81. The van der Waals surface area contributed by atoms with Gasteiger partial charge in [0.1, 0.15) is 0 Å². The zero-order valence-corrected chi connectivity index (χ0v) is 9.76. The molecule has 0 saturated carbocycles. The molecule has 0 atom stereocenters. The lowest BCUT2D eigenvalue weighted by Gasteiger charge is -2.18. The lowest BCUT2D eigenvalue weighted by molar-refractivity contribution is 0.0697. The van der Waals surface area contributed by atoms with Crippen molar-refractivity contribution in [1.82, 2.24) is 4.90 Å². The molecule has 92 valence electrons. The van der Waals surface area contributed by atoms with E-state index in [2.05, 4.69) is 4.90 Å². The normalized spacial score (nSPS) is 17.6. The second-order valence-corrected chi connectivity index (χ2v) is 4.24. The largest absolute Gasteiger partial charge is 0.478 e. The van der Waals surface area contributed by atoms with Crippen molar-refractivity contribution in [2.24, 2.45) is 0 Å². The van der Waals surface area contributed by atoms with Crippen molar-refractivity contribution < 1.29 is 14.6 Å². The molecule has 1 aliphatic heterocycles. The van der Waals surface area contributed by atoms with Crippen molar-refractivity contribution in [1.29, 1.82) is 0 Å². The van der Waals surface area contributed by atoms with Crippen LogP contribution in [0.15, 0.2) is 24.3 Å². The maximum Gasteiger partial charge on any atom is 0.335 e. The van der Waals surface area contributed by atoms with E-state index < -0.39 is 5.97 Å². The van der Waals surface area contributed by atoms with Gasteiger partial charge in [-0.2, -0.15) is 0 Å². The number of hydrogen-bond donors (Lipinski definition) is 1. The lowest BCUT2D eigenvalue weighted by Crippen LogP contribution is -2.25. The molecule has 2 rings (SSSR count). The van der Waals surface area contributed by atoms with E-state index in [0.29, 0.717) is 5.56 Å². The van der Waals surface area contributed by atoms with Crippen molar-refractivity contribution in [2.75, 3.05) is 26.3 Å². The number of carboxylic acid groups (broad SMARTS) is 1. The fourth-order valence-corrected chi connectivity index (χ4v) is 1.97. The second-order valence-electron chi connectivity index (χ2n) is 4.24. The van der Waals surface area contributed by atoms with E-state index in [1.807, 2.05) is 12.1 Å². The van der Waals surface area contributed by atoms with Crippen LogP contribution in [-0.4, -0.2) is 42.3 Å². The fraction of sp³-hybridized carbons (Fsp3) is 0.462. The molecular weight excluding hydrogens is 218 g/mol. The highest BCUT2D eigenvalue weighted by Crippen LogP contribution is 2.09. The van der Waals surface area contributed by atoms with Gasteiger partial charge >= 0.3 is 5.97 Å². The minimum atomic E-state index is -0.875. The number of rotatable bonds is 3. The first-order valence-corrected chi connectivity index (χ1v) is 5.88. The van der Waals surface area contributed by atoms with Crippen molar-refractivity contribution >= 4 is 5.97 Å². The molecule has 4 nitrogen and oxygen atoms in total. The third-order valence-electron chi connectivity index (χ3n) is 2.92. The minimum Gasteiger partial charge on any atom is -0.478 e. The van der Waals surface area contributed by atoms with E-state index in [9.17, 15) is 4.79 Å². The van der Waals surface area contributed by atoms with Crippen molar-refractivity contribution in [3.8, 4) is 0 Å². The SMILES string of the molecule is O=C(O)c1ccc(CN2CCCOCC2)cc1. The average molecular weight is 235 g/mol. The quantitative estimate of drug-likeness (QED) is 0.864. The Balaban J connectivity index is 1.95. The number of benzene rings is 1. The van der Waals surface area contributed by atoms with Gasteiger partial charge in [-0.15, -0.1) is 0 Å². The van der Waals surface area contributed by atoms with Gasteiger partial charge in [-0.05, 0) is 24.1 Å². The van der Waals surface area contributed by atoms with Crippen LogP contribution >= 0.6 is 0 Å². The first-order chi connectivity index (χ1) is 8.25. The van der Waals surface area contributed by atoms with Crippen LogP contribution in [0.3, 0.4) is 0 Å². The van der Waals surface area contributed by atoms with Crippen LogP contribution in [0.25, 0.3) is 0 Å². The van der Waals surface area contributed by atoms with Gasteiger partial charge in [-0.3, -0.25) is 4.90 Å². The highest BCUT2D eigenvalue weighted by atomic mass is 16.5. The molecule has 17 heavy (non-hydrogen) atoms. The van der Waals surface area contributed by atoms with Crippen LogP contribution < -0.4 is 0 Å². The lowest BCUT2D eigenvalue weighted by atomic mass is 10.1. The Morgan fingerprint density at radius 3 is 2.71 bits per heavy atom. The standard InChI is InChI=1S/C13H17NO3/c15-13(16)12-4-2-11(3-5-12)10-14-6-1-8-17-9-7-14/h2-5H,1,6-10H2,(H,15,16). The summed E-state index contributed by atoms with van der Waals surface area (Å²) < 4.78 is 5.39. The summed E-state index contributed by atoms with van der Waals surface area (Å²) in [5.74, 6) is -0.875. The Bertz CT molecular complexity index is 367. The van der Waals surface area contributed by atoms with Gasteiger partial charge in [-0.1, -0.05) is 12.1 Å². The topological polar surface area (TPSA) is 49.8 Å². The van der Waals surface area contributed by atoms with E-state index in [4.69, 9.17) is 9.84 Å². The molecule has 0 radical (unpaired) electrons. The molecule has 0 aromatic heterocycles. The maximum atomic E-state index is 10.7. The molecular formula is C13H17NO3. The summed E-state index contributed by atoms with van der Waals surface area (Å²) in [6, 6.07) is 7.09. The zero-order chi connectivity index (χ0) is 12.1. The van der Waals surface area contributed by atoms with E-state index >= 15 is 0 Å². The second kappa shape index (κ2) is 5.80. The Kier molecular flexibility index (Phi) is 4.12. The van der Waals surface area contributed by atoms with Gasteiger partial charge < -0.3 is 9.84 Å². The number of aromatic carboxylic acids is 1. The van der Waals surface area contributed by atoms with Crippen LogP contribution in [-0.2, 0) is 11.3 Å². The number of ether oxygens (including phenoxy) is 1. The molecule has 0 bridgehead atoms. The minimum absolute atomic E-state index is 0.341. The zero-order valence-electron chi connectivity index (χ0n) is 9.76. The van der Waals surface area contributed by atoms with Crippen molar-refractivity contribution in [3.63, 3.8) is 0 Å². The molecule has 0 aliphatic carbocycles. The third kappa shape index (κ3) is 3.54. The molecule has 1 aromatic rings. The molecule has 1 aliphatic rings. The van der Waals surface area contributed by atoms with Gasteiger partial charge in [0, 0.05) is 26.2 Å². The van der Waals surface area contributed by atoms with Crippen LogP contribution in [0.5, 0.6) is 0 Å². The summed E-state index contributed by atoms with van der Waals surface area (Å²) in [7, 11) is 0. The number of carboxylic acids is 1. The molecule has 4 heteroatoms. The van der Waals surface area contributed by atoms with Crippen LogP contribution in [0.1, 0.15) is 22.3 Å². The third-order valence-corrected chi connectivity index (χ3v) is 2.92. The highest BCUT2D eigenvalue weighted by Gasteiger charge is 2.10. The molecule has 1 fully saturated rings. The highest BCUT2D eigenvalue weighted by molar-refractivity contribution is 5.87. The van der Waals surface area contributed by atoms with Gasteiger partial charge in [-0.25, -0.2) is 4.79 Å². The smallest absolute Gasteiger partial charge is 0.335 e. The summed E-state index contributed by atoms with van der Waals surface area (Å²) in [4.78, 5) is 13.1. The Morgan fingerprint density at radius 1 is 1.24 bits per heavy atom. The van der Waals surface area contributed by atoms with Crippen molar-refractivity contribution in [3.05, 3.63) is 35.4 Å². The maximum absolute atomic E-state index is 10.7. The molecule has 0 spiro atoms. The van der Waals surface area contributed by atoms with Gasteiger partial charge in [0.15, 0.2) is 0 Å². The van der Waals surface area contributed by atoms with Gasteiger partial charge in [0.25, 0.3) is 0 Å². The number of carbonyl (C=O) groups is 1. The molecule has 1 aromatic carbocycles. The summed E-state index contributed by atoms with van der Waals surface area (Å²) >= 11 is 0. The Hall–Kier alpha value is -1.39. The average Bonchev–Trinajstić information content (AvgIpc) is 2.58. The summed E-state index contributed by atoms with van der Waals surface area (Å²) in [6.45, 7) is 4.48. The van der Waals surface area contributed by atoms with E-state index in [1.54, 1.807) is 12.1 Å². The first-order valence-electron chi connectivity index (χ1n) is 5.88. The summed E-state index contributed by atoms with van der Waals surface area (Å²) in [5.41, 5.74) is 1.49. The molecule has 0 amide bonds. The van der Waals surface area contributed by atoms with Crippen LogP contribution in [0, 0.1) is 0 Å². The van der Waals surface area contributed by atoms with E-state index in [1.165, 1.54) is 0 Å². The molecule has 1 heterocycles. The van der Waals surface area contributed by atoms with Crippen LogP contribution in [0.2, 0.25) is 0 Å². The fourth-order valence-electron chi connectivity index (χ4n) is 1.97. The van der Waals surface area contributed by atoms with E-state index in [0.717, 1.165) is 44.8 Å². The monoisotopic (exact) mass is 235 g/mol. The number of hydrogen-bond acceptors (Lipinski definition) is 3. The summed E-state index contributed by atoms with van der Waals surface area (Å²) in [6.07, 6.45) is 1.06. The first kappa shape index (κ1) is 12.1. The van der Waals surface area contributed by atoms with Gasteiger partial charge in [0.05, 0.1) is 12.2 Å². The predicted octanol–water partition coefficient (Wildman–Crippen LogP) is 1.61. The Morgan fingerprint density at radius 2 is 2.00 bits per heavy atom. The molecule has 0 unspecified atom stereocenters. The Labute approximate surface area is 101 Å². The van der Waals surface area contributed by atoms with Crippen LogP contribution in [0.4, 0.5) is 0 Å².